The van der Waals surface area contributed by atoms with E-state index in [1.165, 1.54) is 12.8 Å². The molecule has 1 aliphatic heterocycles. The molecule has 0 spiro atoms. The van der Waals surface area contributed by atoms with Gasteiger partial charge in [0.1, 0.15) is 5.78 Å². The Morgan fingerprint density at radius 2 is 2.06 bits per heavy atom. The molecule has 0 radical (unpaired) electrons. The minimum absolute atomic E-state index is 0.0294. The first-order valence-electron chi connectivity index (χ1n) is 6.93. The molecule has 0 unspecified atom stereocenters. The number of rotatable bonds is 5. The summed E-state index contributed by atoms with van der Waals surface area (Å²) in [5, 5.41) is 0. The number of ether oxygens (including phenoxy) is 2. The predicted octanol–water partition coefficient (Wildman–Crippen LogP) is 3.07. The second-order valence-corrected chi connectivity index (χ2v) is 5.80. The van der Waals surface area contributed by atoms with Gasteiger partial charge in [-0.25, -0.2) is 0 Å². The zero-order valence-electron chi connectivity index (χ0n) is 10.9. The van der Waals surface area contributed by atoms with Gasteiger partial charge in [0, 0.05) is 12.8 Å². The maximum atomic E-state index is 11.3. The molecule has 1 aliphatic carbocycles. The van der Waals surface area contributed by atoms with Crippen LogP contribution in [0.3, 0.4) is 0 Å². The summed E-state index contributed by atoms with van der Waals surface area (Å²) in [4.78, 5) is 11.3. The summed E-state index contributed by atoms with van der Waals surface area (Å²) in [6, 6.07) is 0. The third-order valence-electron chi connectivity index (χ3n) is 4.00. The molecular weight excluding hydrogens is 216 g/mol. The smallest absolute Gasteiger partial charge is 0.157 e. The number of Topliss-reactive ketones (excluding diaryl/α,β-unsaturated/α-hetero) is 1. The van der Waals surface area contributed by atoms with Gasteiger partial charge in [0.15, 0.2) is 6.29 Å². The van der Waals surface area contributed by atoms with Gasteiger partial charge in [-0.05, 0) is 37.5 Å². The van der Waals surface area contributed by atoms with Gasteiger partial charge in [0.25, 0.3) is 0 Å². The molecule has 0 bridgehead atoms. The highest BCUT2D eigenvalue weighted by Gasteiger charge is 2.33. The molecule has 17 heavy (non-hydrogen) atoms. The summed E-state index contributed by atoms with van der Waals surface area (Å²) >= 11 is 0. The quantitative estimate of drug-likeness (QED) is 0.693. The van der Waals surface area contributed by atoms with E-state index in [9.17, 15) is 4.79 Å². The van der Waals surface area contributed by atoms with Gasteiger partial charge in [-0.1, -0.05) is 13.3 Å². The Balaban J connectivity index is 1.58. The van der Waals surface area contributed by atoms with Crippen molar-refractivity contribution in [2.75, 3.05) is 13.2 Å². The summed E-state index contributed by atoms with van der Waals surface area (Å²) in [5.74, 6) is 0.450. The van der Waals surface area contributed by atoms with Crippen LogP contribution in [-0.2, 0) is 14.3 Å². The molecule has 0 amide bonds. The average molecular weight is 240 g/mol. The van der Waals surface area contributed by atoms with E-state index in [1.807, 2.05) is 0 Å². The summed E-state index contributed by atoms with van der Waals surface area (Å²) in [6.07, 6.45) is 8.24. The van der Waals surface area contributed by atoms with Crippen molar-refractivity contribution in [2.24, 2.45) is 5.41 Å². The molecule has 0 aromatic heterocycles. The third kappa shape index (κ3) is 4.07. The lowest BCUT2D eigenvalue weighted by Crippen LogP contribution is -2.24. The SMILES string of the molecule is C[C@@]1(CCCCC2OCCCO2)CCC(=O)C1. The molecule has 1 saturated carbocycles. The molecular formula is C14H24O3. The third-order valence-corrected chi connectivity index (χ3v) is 4.00. The molecule has 1 heterocycles. The number of unbranched alkanes of at least 4 members (excludes halogenated alkanes) is 1. The van der Waals surface area contributed by atoms with Crippen LogP contribution in [0.25, 0.3) is 0 Å². The van der Waals surface area contributed by atoms with Gasteiger partial charge in [-0.15, -0.1) is 0 Å². The second kappa shape index (κ2) is 5.96. The fraction of sp³-hybridized carbons (Fsp3) is 0.929. The van der Waals surface area contributed by atoms with E-state index in [2.05, 4.69) is 6.92 Å². The fourth-order valence-electron chi connectivity index (χ4n) is 2.87. The lowest BCUT2D eigenvalue weighted by molar-refractivity contribution is -0.181. The summed E-state index contributed by atoms with van der Waals surface area (Å²) < 4.78 is 11.0. The van der Waals surface area contributed by atoms with Crippen molar-refractivity contribution < 1.29 is 14.3 Å². The van der Waals surface area contributed by atoms with Crippen LogP contribution in [0.2, 0.25) is 0 Å². The van der Waals surface area contributed by atoms with Crippen molar-refractivity contribution in [3.63, 3.8) is 0 Å². The first kappa shape index (κ1) is 13.0. The zero-order chi connectivity index (χ0) is 12.1. The molecule has 98 valence electrons. The minimum atomic E-state index is 0.0294. The topological polar surface area (TPSA) is 35.5 Å². The molecule has 0 aromatic carbocycles. The highest BCUT2D eigenvalue weighted by Crippen LogP contribution is 2.39. The maximum absolute atomic E-state index is 11.3. The van der Waals surface area contributed by atoms with Gasteiger partial charge < -0.3 is 9.47 Å². The molecule has 2 aliphatic rings. The number of carbonyl (C=O) groups is 1. The minimum Gasteiger partial charge on any atom is -0.353 e. The fourth-order valence-corrected chi connectivity index (χ4v) is 2.87. The van der Waals surface area contributed by atoms with Crippen LogP contribution in [0, 0.1) is 5.41 Å². The van der Waals surface area contributed by atoms with E-state index >= 15 is 0 Å². The normalized spacial score (nSPS) is 31.0. The summed E-state index contributed by atoms with van der Waals surface area (Å²) in [7, 11) is 0. The zero-order valence-corrected chi connectivity index (χ0v) is 10.9. The molecule has 2 fully saturated rings. The van der Waals surface area contributed by atoms with E-state index in [1.54, 1.807) is 0 Å². The molecule has 0 N–H and O–H groups in total. The van der Waals surface area contributed by atoms with Crippen molar-refractivity contribution in [1.82, 2.24) is 0 Å². The Bertz CT molecular complexity index is 258. The molecule has 0 aromatic rings. The van der Waals surface area contributed by atoms with Gasteiger partial charge in [0.05, 0.1) is 13.2 Å². The van der Waals surface area contributed by atoms with Gasteiger partial charge >= 0.3 is 0 Å². The van der Waals surface area contributed by atoms with Gasteiger partial charge in [0.2, 0.25) is 0 Å². The molecule has 2 rings (SSSR count). The maximum Gasteiger partial charge on any atom is 0.157 e. The Kier molecular flexibility index (Phi) is 4.57. The first-order chi connectivity index (χ1) is 8.18. The first-order valence-corrected chi connectivity index (χ1v) is 6.93. The number of ketones is 1. The van der Waals surface area contributed by atoms with E-state index in [0.29, 0.717) is 5.78 Å². The Morgan fingerprint density at radius 3 is 2.71 bits per heavy atom. The molecule has 1 saturated heterocycles. The van der Waals surface area contributed by atoms with Crippen LogP contribution in [0.15, 0.2) is 0 Å². The standard InChI is InChI=1S/C14H24O3/c1-14(8-6-12(15)11-14)7-3-2-5-13-16-9-4-10-17-13/h13H,2-11H2,1H3/t14-/m1/s1. The average Bonchev–Trinajstić information content (AvgIpc) is 2.67. The largest absolute Gasteiger partial charge is 0.353 e. The van der Waals surface area contributed by atoms with E-state index in [-0.39, 0.29) is 11.7 Å². The lowest BCUT2D eigenvalue weighted by Gasteiger charge is -2.25. The Morgan fingerprint density at radius 1 is 1.29 bits per heavy atom. The van der Waals surface area contributed by atoms with Crippen molar-refractivity contribution in [1.29, 1.82) is 0 Å². The number of hydrogen-bond acceptors (Lipinski definition) is 3. The summed E-state index contributed by atoms with van der Waals surface area (Å²) in [6.45, 7) is 3.94. The predicted molar refractivity (Wildman–Crippen MR) is 65.7 cm³/mol. The Labute approximate surface area is 104 Å². The van der Waals surface area contributed by atoms with Crippen molar-refractivity contribution in [3.05, 3.63) is 0 Å². The van der Waals surface area contributed by atoms with Gasteiger partial charge in [-0.2, -0.15) is 0 Å². The Hall–Kier alpha value is -0.410. The van der Waals surface area contributed by atoms with Crippen LogP contribution in [0.1, 0.15) is 58.3 Å². The highest BCUT2D eigenvalue weighted by atomic mass is 16.7. The van der Waals surface area contributed by atoms with Crippen LogP contribution < -0.4 is 0 Å². The van der Waals surface area contributed by atoms with Crippen LogP contribution in [-0.4, -0.2) is 25.3 Å². The molecule has 1 atom stereocenters. The van der Waals surface area contributed by atoms with E-state index in [0.717, 1.165) is 51.7 Å². The van der Waals surface area contributed by atoms with Crippen molar-refractivity contribution >= 4 is 5.78 Å². The van der Waals surface area contributed by atoms with Crippen molar-refractivity contribution in [2.45, 2.75) is 64.6 Å². The van der Waals surface area contributed by atoms with E-state index in [4.69, 9.17) is 9.47 Å². The van der Waals surface area contributed by atoms with E-state index < -0.39 is 0 Å². The molecule has 3 nitrogen and oxygen atoms in total. The summed E-state index contributed by atoms with van der Waals surface area (Å²) in [5.41, 5.74) is 0.283. The van der Waals surface area contributed by atoms with Crippen LogP contribution >= 0.6 is 0 Å². The van der Waals surface area contributed by atoms with Crippen LogP contribution in [0.5, 0.6) is 0 Å². The lowest BCUT2D eigenvalue weighted by atomic mass is 9.83. The monoisotopic (exact) mass is 240 g/mol. The highest BCUT2D eigenvalue weighted by molar-refractivity contribution is 5.81. The van der Waals surface area contributed by atoms with Gasteiger partial charge in [-0.3, -0.25) is 4.79 Å². The van der Waals surface area contributed by atoms with Crippen molar-refractivity contribution in [3.8, 4) is 0 Å². The van der Waals surface area contributed by atoms with Crippen LogP contribution in [0.4, 0.5) is 0 Å². The number of hydrogen-bond donors (Lipinski definition) is 0. The number of carbonyl (C=O) groups excluding carboxylic acids is 1. The second-order valence-electron chi connectivity index (χ2n) is 5.80. The molecule has 3 heteroatoms.